The molecule has 4 atom stereocenters. The first-order valence-electron chi connectivity index (χ1n) is 11.0. The molecule has 0 saturated carbocycles. The Morgan fingerprint density at radius 3 is 2.59 bits per heavy atom. The van der Waals surface area contributed by atoms with Gasteiger partial charge in [-0.05, 0) is 44.4 Å². The maximum absolute atomic E-state index is 14.9. The van der Waals surface area contributed by atoms with E-state index in [2.05, 4.69) is 24.9 Å². The molecule has 3 heterocycles. The van der Waals surface area contributed by atoms with Gasteiger partial charge in [0.15, 0.2) is 0 Å². The minimum absolute atomic E-state index is 0.114. The molecule has 1 saturated heterocycles. The predicted molar refractivity (Wildman–Crippen MR) is 121 cm³/mol. The van der Waals surface area contributed by atoms with Gasteiger partial charge in [-0.3, -0.25) is 9.12 Å². The van der Waals surface area contributed by atoms with Crippen molar-refractivity contribution in [3.63, 3.8) is 0 Å². The minimum Gasteiger partial charge on any atom is -0.381 e. The van der Waals surface area contributed by atoms with E-state index in [4.69, 9.17) is 4.74 Å². The maximum atomic E-state index is 14.9. The van der Waals surface area contributed by atoms with Crippen LogP contribution in [0.1, 0.15) is 54.6 Å². The number of nitrogens with one attached hydrogen (secondary N) is 1. The lowest BCUT2D eigenvalue weighted by molar-refractivity contribution is 0.0774. The normalized spacial score (nSPS) is 19.0. The standard InChI is InChI=1S/C22H26F2N6O3S/c1-13-10-25-21(26-11-13)16(14(2)29-34(31)32)9-19-27-28-22(15-5-4-8-33-12-15)30(19)20-17(23)6-3-7-18(20)24/h3,6-7,10-11,14-16,29H,4-5,8-9,12H2,1-2H3,(H,31,32)/t14-,15-,16-/m1/s1. The Morgan fingerprint density at radius 1 is 1.26 bits per heavy atom. The number of ether oxygens (including phenoxy) is 1. The summed E-state index contributed by atoms with van der Waals surface area (Å²) in [6, 6.07) is 3.10. The smallest absolute Gasteiger partial charge is 0.231 e. The molecule has 4 rings (SSSR count). The fraction of sp³-hybridized carbons (Fsp3) is 0.455. The lowest BCUT2D eigenvalue weighted by Gasteiger charge is -2.25. The first-order valence-corrected chi connectivity index (χ1v) is 12.1. The van der Waals surface area contributed by atoms with Crippen LogP contribution in [0.25, 0.3) is 5.69 Å². The Morgan fingerprint density at radius 2 is 1.97 bits per heavy atom. The Kier molecular flexibility index (Phi) is 7.71. The lowest BCUT2D eigenvalue weighted by atomic mass is 9.96. The van der Waals surface area contributed by atoms with Gasteiger partial charge in [-0.1, -0.05) is 6.07 Å². The van der Waals surface area contributed by atoms with Crippen LogP contribution in [0.5, 0.6) is 0 Å². The second-order valence-electron chi connectivity index (χ2n) is 8.38. The van der Waals surface area contributed by atoms with Crippen LogP contribution in [0.15, 0.2) is 30.6 Å². The van der Waals surface area contributed by atoms with E-state index in [1.807, 2.05) is 6.92 Å². The number of halogens is 2. The highest BCUT2D eigenvalue weighted by Gasteiger charge is 2.31. The highest BCUT2D eigenvalue weighted by molar-refractivity contribution is 7.77. The summed E-state index contributed by atoms with van der Waals surface area (Å²) in [6.45, 7) is 4.56. The van der Waals surface area contributed by atoms with Crippen LogP contribution >= 0.6 is 0 Å². The van der Waals surface area contributed by atoms with Crippen LogP contribution in [0.2, 0.25) is 0 Å². The zero-order valence-electron chi connectivity index (χ0n) is 18.8. The molecular weight excluding hydrogens is 466 g/mol. The number of hydrogen-bond acceptors (Lipinski definition) is 6. The van der Waals surface area contributed by atoms with Crippen molar-refractivity contribution in [2.24, 2.45) is 0 Å². The van der Waals surface area contributed by atoms with Crippen LogP contribution in [0, 0.1) is 18.6 Å². The fourth-order valence-electron chi connectivity index (χ4n) is 4.14. The predicted octanol–water partition coefficient (Wildman–Crippen LogP) is 2.98. The third kappa shape index (κ3) is 5.35. The van der Waals surface area contributed by atoms with Crippen molar-refractivity contribution in [2.45, 2.75) is 51.0 Å². The number of aromatic nitrogens is 5. The summed E-state index contributed by atoms with van der Waals surface area (Å²) in [4.78, 5) is 8.76. The molecule has 0 radical (unpaired) electrons. The van der Waals surface area contributed by atoms with Crippen molar-refractivity contribution in [3.8, 4) is 5.69 Å². The number of para-hydroxylation sites is 1. The SMILES string of the molecule is Cc1cnc([C@H](Cc2nnc([C@@H]3CCCOC3)n2-c2c(F)cccc2F)[C@@H](C)NS(=O)O)nc1. The van der Waals surface area contributed by atoms with Crippen LogP contribution in [-0.2, 0) is 22.4 Å². The monoisotopic (exact) mass is 492 g/mol. The van der Waals surface area contributed by atoms with Gasteiger partial charge in [0, 0.05) is 43.3 Å². The Bertz CT molecular complexity index is 1130. The quantitative estimate of drug-likeness (QED) is 0.465. The van der Waals surface area contributed by atoms with Crippen molar-refractivity contribution in [1.29, 1.82) is 0 Å². The molecule has 2 aromatic heterocycles. The summed E-state index contributed by atoms with van der Waals surface area (Å²) >= 11 is -2.28. The van der Waals surface area contributed by atoms with Gasteiger partial charge in [-0.15, -0.1) is 10.2 Å². The van der Waals surface area contributed by atoms with Gasteiger partial charge in [0.25, 0.3) is 0 Å². The molecule has 1 unspecified atom stereocenters. The lowest BCUT2D eigenvalue weighted by Crippen LogP contribution is -2.35. The van der Waals surface area contributed by atoms with Crippen molar-refractivity contribution in [1.82, 2.24) is 29.5 Å². The van der Waals surface area contributed by atoms with Gasteiger partial charge in [-0.25, -0.2) is 27.7 Å². The number of nitrogens with zero attached hydrogens (tertiary/aromatic N) is 5. The van der Waals surface area contributed by atoms with Crippen LogP contribution in [0.3, 0.4) is 0 Å². The molecule has 0 bridgehead atoms. The topological polar surface area (TPSA) is 115 Å². The molecule has 12 heteroatoms. The molecule has 2 N–H and O–H groups in total. The van der Waals surface area contributed by atoms with Crippen molar-refractivity contribution in [2.75, 3.05) is 13.2 Å². The van der Waals surface area contributed by atoms with Gasteiger partial charge in [0.1, 0.15) is 34.8 Å². The maximum Gasteiger partial charge on any atom is 0.231 e. The Labute approximate surface area is 198 Å². The number of hydrogen-bond donors (Lipinski definition) is 2. The molecule has 0 aliphatic carbocycles. The van der Waals surface area contributed by atoms with Gasteiger partial charge in [0.2, 0.25) is 11.3 Å². The van der Waals surface area contributed by atoms with E-state index in [0.717, 1.165) is 18.4 Å². The summed E-state index contributed by atoms with van der Waals surface area (Å²) in [5, 5.41) is 8.61. The molecule has 1 aliphatic heterocycles. The van der Waals surface area contributed by atoms with E-state index in [9.17, 15) is 17.5 Å². The molecule has 9 nitrogen and oxygen atoms in total. The van der Waals surface area contributed by atoms with E-state index >= 15 is 0 Å². The van der Waals surface area contributed by atoms with Gasteiger partial charge in [-0.2, -0.15) is 0 Å². The molecule has 34 heavy (non-hydrogen) atoms. The average molecular weight is 493 g/mol. The zero-order valence-corrected chi connectivity index (χ0v) is 19.6. The van der Waals surface area contributed by atoms with E-state index in [-0.39, 0.29) is 23.9 Å². The Hall–Kier alpha value is -2.67. The second-order valence-corrected chi connectivity index (χ2v) is 9.11. The number of aryl methyl sites for hydroxylation is 1. The van der Waals surface area contributed by atoms with E-state index < -0.39 is 34.9 Å². The summed E-state index contributed by atoms with van der Waals surface area (Å²) in [6.07, 6.45) is 4.95. The van der Waals surface area contributed by atoms with Crippen LogP contribution < -0.4 is 4.72 Å². The third-order valence-corrected chi connectivity index (χ3v) is 6.44. The van der Waals surface area contributed by atoms with E-state index in [1.165, 1.54) is 22.8 Å². The molecule has 1 fully saturated rings. The van der Waals surface area contributed by atoms with Gasteiger partial charge in [0.05, 0.1) is 6.61 Å². The first kappa shape index (κ1) is 24.5. The van der Waals surface area contributed by atoms with Crippen molar-refractivity contribution in [3.05, 3.63) is 65.3 Å². The molecule has 1 aromatic carbocycles. The zero-order chi connectivity index (χ0) is 24.2. The van der Waals surface area contributed by atoms with Crippen molar-refractivity contribution < 1.29 is 22.3 Å². The van der Waals surface area contributed by atoms with Crippen molar-refractivity contribution >= 4 is 11.3 Å². The molecule has 0 spiro atoms. The summed E-state index contributed by atoms with van der Waals surface area (Å²) in [5.41, 5.74) is 0.586. The largest absolute Gasteiger partial charge is 0.381 e. The Balaban J connectivity index is 1.81. The van der Waals surface area contributed by atoms with Crippen LogP contribution in [0.4, 0.5) is 8.78 Å². The van der Waals surface area contributed by atoms with E-state index in [1.54, 1.807) is 19.3 Å². The second kappa shape index (κ2) is 10.7. The molecule has 182 valence electrons. The highest BCUT2D eigenvalue weighted by atomic mass is 32.2. The molecular formula is C22H26F2N6O3S. The highest BCUT2D eigenvalue weighted by Crippen LogP contribution is 2.31. The molecule has 1 aliphatic rings. The summed E-state index contributed by atoms with van der Waals surface area (Å²) in [5.74, 6) is -1.10. The number of benzene rings is 1. The third-order valence-electron chi connectivity index (χ3n) is 5.87. The first-order chi connectivity index (χ1) is 16.3. The number of rotatable bonds is 8. The molecule has 0 amide bonds. The van der Waals surface area contributed by atoms with Gasteiger partial charge < -0.3 is 4.74 Å². The van der Waals surface area contributed by atoms with Gasteiger partial charge >= 0.3 is 0 Å². The summed E-state index contributed by atoms with van der Waals surface area (Å²) < 4.78 is 60.2. The molecule has 3 aromatic rings. The van der Waals surface area contributed by atoms with E-state index in [0.29, 0.717) is 24.9 Å². The minimum atomic E-state index is -2.28. The van der Waals surface area contributed by atoms with Crippen LogP contribution in [-0.4, -0.2) is 52.7 Å². The average Bonchev–Trinajstić information content (AvgIpc) is 3.21. The summed E-state index contributed by atoms with van der Waals surface area (Å²) in [7, 11) is 0. The fourth-order valence-corrected chi connectivity index (χ4v) is 4.62.